The minimum absolute atomic E-state index is 0.360. The quantitative estimate of drug-likeness (QED) is 0.766. The Kier molecular flexibility index (Phi) is 5.61. The Labute approximate surface area is 127 Å². The lowest BCUT2D eigenvalue weighted by molar-refractivity contribution is 0.386. The van der Waals surface area contributed by atoms with E-state index in [0.717, 1.165) is 24.9 Å². The molecule has 2 rings (SSSR count). The van der Waals surface area contributed by atoms with Gasteiger partial charge in [0.25, 0.3) is 0 Å². The first-order valence-corrected chi connectivity index (χ1v) is 9.14. The number of sulfonamides is 1. The van der Waals surface area contributed by atoms with Gasteiger partial charge >= 0.3 is 0 Å². The fourth-order valence-electron chi connectivity index (χ4n) is 2.57. The van der Waals surface area contributed by atoms with Crippen LogP contribution >= 0.6 is 0 Å². The van der Waals surface area contributed by atoms with Gasteiger partial charge in [0.1, 0.15) is 4.90 Å². The molecule has 1 saturated carbocycles. The number of anilines is 1. The highest BCUT2D eigenvalue weighted by Crippen LogP contribution is 2.33. The summed E-state index contributed by atoms with van der Waals surface area (Å²) in [4.78, 5) is 2.52. The van der Waals surface area contributed by atoms with Crippen LogP contribution in [0.1, 0.15) is 32.6 Å². The summed E-state index contributed by atoms with van der Waals surface area (Å²) in [5.41, 5.74) is 6.49. The lowest BCUT2D eigenvalue weighted by Crippen LogP contribution is -2.44. The summed E-state index contributed by atoms with van der Waals surface area (Å²) >= 11 is 0. The molecular weight excluding hydrogens is 286 g/mol. The molecule has 118 valence electrons. The maximum Gasteiger partial charge on any atom is 0.242 e. The molecule has 0 heterocycles. The standard InChI is InChI=1S/C15H25N3O2S/c1-2-11-17-21(19,20)15-9-4-3-8-14(15)18(12-10-16)13-6-5-7-13/h3-4,8-9,13,17H,2,5-7,10-12,16H2,1H3. The van der Waals surface area contributed by atoms with Crippen molar-refractivity contribution in [3.8, 4) is 0 Å². The van der Waals surface area contributed by atoms with E-state index < -0.39 is 10.0 Å². The van der Waals surface area contributed by atoms with Gasteiger partial charge in [-0.2, -0.15) is 0 Å². The molecule has 0 aliphatic heterocycles. The van der Waals surface area contributed by atoms with Crippen molar-refractivity contribution in [3.05, 3.63) is 24.3 Å². The average Bonchev–Trinajstić information content (AvgIpc) is 2.43. The molecule has 0 unspecified atom stereocenters. The van der Waals surface area contributed by atoms with E-state index in [4.69, 9.17) is 5.73 Å². The molecule has 1 aromatic carbocycles. The van der Waals surface area contributed by atoms with E-state index >= 15 is 0 Å². The predicted molar refractivity (Wildman–Crippen MR) is 86.0 cm³/mol. The van der Waals surface area contributed by atoms with Gasteiger partial charge in [-0.1, -0.05) is 19.1 Å². The largest absolute Gasteiger partial charge is 0.366 e. The lowest BCUT2D eigenvalue weighted by Gasteiger charge is -2.39. The van der Waals surface area contributed by atoms with Gasteiger partial charge in [-0.25, -0.2) is 13.1 Å². The van der Waals surface area contributed by atoms with Gasteiger partial charge in [-0.05, 0) is 37.8 Å². The summed E-state index contributed by atoms with van der Waals surface area (Å²) in [6.07, 6.45) is 4.19. The van der Waals surface area contributed by atoms with Crippen LogP contribution in [-0.2, 0) is 10.0 Å². The molecule has 0 spiro atoms. The topological polar surface area (TPSA) is 75.4 Å². The summed E-state index contributed by atoms with van der Waals surface area (Å²) < 4.78 is 27.6. The van der Waals surface area contributed by atoms with E-state index in [0.29, 0.717) is 30.6 Å². The van der Waals surface area contributed by atoms with E-state index in [1.165, 1.54) is 6.42 Å². The first kappa shape index (κ1) is 16.3. The summed E-state index contributed by atoms with van der Waals surface area (Å²) in [6.45, 7) is 3.61. The molecule has 6 heteroatoms. The highest BCUT2D eigenvalue weighted by molar-refractivity contribution is 7.89. The van der Waals surface area contributed by atoms with E-state index in [2.05, 4.69) is 9.62 Å². The van der Waals surface area contributed by atoms with Crippen molar-refractivity contribution in [2.75, 3.05) is 24.5 Å². The van der Waals surface area contributed by atoms with Gasteiger partial charge in [0, 0.05) is 25.7 Å². The Morgan fingerprint density at radius 1 is 1.33 bits per heavy atom. The lowest BCUT2D eigenvalue weighted by atomic mass is 9.91. The molecule has 0 saturated heterocycles. The van der Waals surface area contributed by atoms with Crippen LogP contribution in [0.5, 0.6) is 0 Å². The third-order valence-corrected chi connectivity index (χ3v) is 5.40. The fourth-order valence-corrected chi connectivity index (χ4v) is 3.92. The second kappa shape index (κ2) is 7.24. The molecule has 0 amide bonds. The SMILES string of the molecule is CCCNS(=O)(=O)c1ccccc1N(CCN)C1CCC1. The molecule has 0 radical (unpaired) electrons. The van der Waals surface area contributed by atoms with Crippen LogP contribution in [0, 0.1) is 0 Å². The second-order valence-corrected chi connectivity index (χ2v) is 7.17. The minimum Gasteiger partial charge on any atom is -0.366 e. The number of nitrogens with two attached hydrogens (primary N) is 1. The zero-order valence-corrected chi connectivity index (χ0v) is 13.4. The summed E-state index contributed by atoms with van der Waals surface area (Å²) in [6, 6.07) is 7.63. The molecule has 0 aromatic heterocycles. The number of hydrogen-bond acceptors (Lipinski definition) is 4. The summed E-state index contributed by atoms with van der Waals surface area (Å²) in [5.74, 6) is 0. The summed E-state index contributed by atoms with van der Waals surface area (Å²) in [5, 5.41) is 0. The zero-order chi connectivity index (χ0) is 15.3. The molecule has 1 aliphatic rings. The van der Waals surface area contributed by atoms with Crippen molar-refractivity contribution < 1.29 is 8.42 Å². The van der Waals surface area contributed by atoms with Gasteiger partial charge < -0.3 is 10.6 Å². The van der Waals surface area contributed by atoms with E-state index in [1.807, 2.05) is 19.1 Å². The summed E-state index contributed by atoms with van der Waals surface area (Å²) in [7, 11) is -3.47. The van der Waals surface area contributed by atoms with Crippen LogP contribution in [-0.4, -0.2) is 34.1 Å². The molecule has 1 aliphatic carbocycles. The van der Waals surface area contributed by atoms with Crippen molar-refractivity contribution in [3.63, 3.8) is 0 Å². The smallest absolute Gasteiger partial charge is 0.242 e. The average molecular weight is 311 g/mol. The van der Waals surface area contributed by atoms with Crippen LogP contribution in [0.4, 0.5) is 5.69 Å². The molecular formula is C15H25N3O2S. The zero-order valence-electron chi connectivity index (χ0n) is 12.6. The molecule has 1 fully saturated rings. The molecule has 0 atom stereocenters. The Morgan fingerprint density at radius 2 is 2.05 bits per heavy atom. The van der Waals surface area contributed by atoms with E-state index in [1.54, 1.807) is 12.1 Å². The van der Waals surface area contributed by atoms with Gasteiger partial charge in [0.05, 0.1) is 5.69 Å². The van der Waals surface area contributed by atoms with Gasteiger partial charge in [-0.15, -0.1) is 0 Å². The van der Waals surface area contributed by atoms with Gasteiger partial charge in [-0.3, -0.25) is 0 Å². The Morgan fingerprint density at radius 3 is 2.62 bits per heavy atom. The highest BCUT2D eigenvalue weighted by atomic mass is 32.2. The number of nitrogens with zero attached hydrogens (tertiary/aromatic N) is 1. The van der Waals surface area contributed by atoms with Crippen molar-refractivity contribution in [1.82, 2.24) is 4.72 Å². The Bertz CT molecular complexity index is 556. The van der Waals surface area contributed by atoms with Gasteiger partial charge in [0.15, 0.2) is 0 Å². The fraction of sp³-hybridized carbons (Fsp3) is 0.600. The normalized spacial score (nSPS) is 15.7. The van der Waals surface area contributed by atoms with Crippen LogP contribution in [0.25, 0.3) is 0 Å². The van der Waals surface area contributed by atoms with Crippen molar-refractivity contribution in [2.24, 2.45) is 5.73 Å². The van der Waals surface area contributed by atoms with E-state index in [9.17, 15) is 8.42 Å². The molecule has 21 heavy (non-hydrogen) atoms. The molecule has 5 nitrogen and oxygen atoms in total. The first-order valence-electron chi connectivity index (χ1n) is 7.65. The molecule has 0 bridgehead atoms. The molecule has 1 aromatic rings. The number of para-hydroxylation sites is 1. The van der Waals surface area contributed by atoms with Crippen molar-refractivity contribution >= 4 is 15.7 Å². The number of rotatable bonds is 8. The van der Waals surface area contributed by atoms with E-state index in [-0.39, 0.29) is 0 Å². The van der Waals surface area contributed by atoms with Crippen molar-refractivity contribution in [2.45, 2.75) is 43.5 Å². The monoisotopic (exact) mass is 311 g/mol. The predicted octanol–water partition coefficient (Wildman–Crippen LogP) is 1.69. The van der Waals surface area contributed by atoms with Crippen LogP contribution in [0.3, 0.4) is 0 Å². The van der Waals surface area contributed by atoms with Crippen molar-refractivity contribution in [1.29, 1.82) is 0 Å². The number of nitrogens with one attached hydrogen (secondary N) is 1. The van der Waals surface area contributed by atoms with Crippen LogP contribution < -0.4 is 15.4 Å². The number of benzene rings is 1. The maximum atomic E-state index is 12.5. The van der Waals surface area contributed by atoms with Crippen LogP contribution in [0.15, 0.2) is 29.2 Å². The van der Waals surface area contributed by atoms with Crippen LogP contribution in [0.2, 0.25) is 0 Å². The maximum absolute atomic E-state index is 12.5. The third-order valence-electron chi connectivity index (χ3n) is 3.89. The number of hydrogen-bond donors (Lipinski definition) is 2. The highest BCUT2D eigenvalue weighted by Gasteiger charge is 2.28. The molecule has 3 N–H and O–H groups in total. The first-order chi connectivity index (χ1) is 10.1. The second-order valence-electron chi connectivity index (χ2n) is 5.43. The van der Waals surface area contributed by atoms with Gasteiger partial charge in [0.2, 0.25) is 10.0 Å². The third kappa shape index (κ3) is 3.75. The Balaban J connectivity index is 2.34. The Hall–Kier alpha value is -1.11. The minimum atomic E-state index is -3.47.